The van der Waals surface area contributed by atoms with Crippen LogP contribution in [-0.2, 0) is 4.79 Å². The number of nitrogens with one attached hydrogen (secondary N) is 1. The number of benzene rings is 1. The molecule has 0 aliphatic rings. The molecule has 0 spiro atoms. The lowest BCUT2D eigenvalue weighted by Crippen LogP contribution is -2.15. The van der Waals surface area contributed by atoms with Gasteiger partial charge in [-0.3, -0.25) is 4.79 Å². The second-order valence-corrected chi connectivity index (χ2v) is 7.63. The zero-order valence-corrected chi connectivity index (χ0v) is 14.7. The molecule has 2 rings (SSSR count). The van der Waals surface area contributed by atoms with Crippen molar-refractivity contribution in [3.8, 4) is 0 Å². The zero-order chi connectivity index (χ0) is 14.7. The number of nitrogens with zero attached hydrogens (tertiary/aromatic N) is 2. The van der Waals surface area contributed by atoms with Crippen molar-refractivity contribution in [2.45, 2.75) is 18.2 Å². The normalized spacial score (nSPS) is 10.6. The highest BCUT2D eigenvalue weighted by molar-refractivity contribution is 14.1. The van der Waals surface area contributed by atoms with Crippen LogP contribution in [0.5, 0.6) is 0 Å². The summed E-state index contributed by atoms with van der Waals surface area (Å²) < 4.78 is 1.86. The number of hydrogen-bond donors (Lipinski definition) is 2. The minimum atomic E-state index is -0.0591. The molecule has 0 aliphatic heterocycles. The molecule has 0 atom stereocenters. The summed E-state index contributed by atoms with van der Waals surface area (Å²) in [4.78, 5) is 12.0. The molecule has 1 aromatic heterocycles. The molecule has 2 aromatic rings. The summed E-state index contributed by atoms with van der Waals surface area (Å²) in [6, 6.07) is 4.09. The minimum Gasteiger partial charge on any atom is -0.374 e. The van der Waals surface area contributed by atoms with Gasteiger partial charge in [-0.2, -0.15) is 0 Å². The van der Waals surface area contributed by atoms with E-state index in [9.17, 15) is 4.79 Å². The molecule has 0 unspecified atom stereocenters. The van der Waals surface area contributed by atoms with Crippen LogP contribution in [0.4, 0.5) is 10.8 Å². The highest BCUT2D eigenvalue weighted by Crippen LogP contribution is 2.25. The molecule has 3 N–H and O–H groups in total. The molecule has 1 heterocycles. The molecule has 106 valence electrons. The maximum absolute atomic E-state index is 12.0. The van der Waals surface area contributed by atoms with Crippen LogP contribution in [0.25, 0.3) is 0 Å². The number of anilines is 2. The van der Waals surface area contributed by atoms with Gasteiger partial charge in [0.25, 0.3) is 0 Å². The first-order chi connectivity index (χ1) is 9.45. The number of carbonyl (C=O) groups excluding carboxylic acids is 1. The van der Waals surface area contributed by atoms with Gasteiger partial charge in [0.15, 0.2) is 4.34 Å². The van der Waals surface area contributed by atoms with E-state index in [0.29, 0.717) is 15.2 Å². The number of hydrogen-bond acceptors (Lipinski definition) is 6. The molecule has 20 heavy (non-hydrogen) atoms. The fourth-order valence-corrected chi connectivity index (χ4v) is 4.06. The van der Waals surface area contributed by atoms with E-state index in [0.717, 1.165) is 20.4 Å². The van der Waals surface area contributed by atoms with E-state index in [4.69, 9.17) is 5.73 Å². The predicted molar refractivity (Wildman–Crippen MR) is 92.3 cm³/mol. The SMILES string of the molecule is Cc1cc(I)cc(C)c1NC(=O)CSc1nnc(N)s1. The van der Waals surface area contributed by atoms with E-state index in [1.807, 2.05) is 26.0 Å². The molecule has 0 radical (unpaired) electrons. The third-order valence-corrected chi connectivity index (χ3v) is 5.02. The molecule has 8 heteroatoms. The van der Waals surface area contributed by atoms with Crippen molar-refractivity contribution in [3.05, 3.63) is 26.8 Å². The molecule has 0 fully saturated rings. The Labute approximate surface area is 138 Å². The van der Waals surface area contributed by atoms with Gasteiger partial charge in [-0.25, -0.2) is 0 Å². The second-order valence-electron chi connectivity index (χ2n) is 4.16. The summed E-state index contributed by atoms with van der Waals surface area (Å²) in [6.07, 6.45) is 0. The zero-order valence-electron chi connectivity index (χ0n) is 10.9. The number of aromatic nitrogens is 2. The molecule has 0 aliphatic carbocycles. The number of carbonyl (C=O) groups is 1. The molecular weight excluding hydrogens is 407 g/mol. The first-order valence-corrected chi connectivity index (χ1v) is 8.62. The maximum Gasteiger partial charge on any atom is 0.234 e. The van der Waals surface area contributed by atoms with Crippen molar-refractivity contribution in [3.63, 3.8) is 0 Å². The first kappa shape index (κ1) is 15.5. The van der Waals surface area contributed by atoms with Crippen molar-refractivity contribution < 1.29 is 4.79 Å². The van der Waals surface area contributed by atoms with Crippen LogP contribution >= 0.6 is 45.7 Å². The fourth-order valence-electron chi connectivity index (χ4n) is 1.69. The van der Waals surface area contributed by atoms with E-state index in [2.05, 4.69) is 38.1 Å². The Balaban J connectivity index is 1.98. The highest BCUT2D eigenvalue weighted by atomic mass is 127. The summed E-state index contributed by atoms with van der Waals surface area (Å²) in [5.41, 5.74) is 8.50. The molecule has 0 saturated heterocycles. The quantitative estimate of drug-likeness (QED) is 0.587. The van der Waals surface area contributed by atoms with Gasteiger partial charge in [0.2, 0.25) is 11.0 Å². The number of rotatable bonds is 4. The van der Waals surface area contributed by atoms with Gasteiger partial charge in [-0.1, -0.05) is 23.1 Å². The summed E-state index contributed by atoms with van der Waals surface area (Å²) in [7, 11) is 0. The smallest absolute Gasteiger partial charge is 0.234 e. The van der Waals surface area contributed by atoms with Gasteiger partial charge < -0.3 is 11.1 Å². The van der Waals surface area contributed by atoms with E-state index >= 15 is 0 Å². The summed E-state index contributed by atoms with van der Waals surface area (Å²) in [6.45, 7) is 3.98. The number of amides is 1. The average molecular weight is 420 g/mol. The number of nitrogens with two attached hydrogens (primary N) is 1. The second kappa shape index (κ2) is 6.72. The van der Waals surface area contributed by atoms with Crippen LogP contribution < -0.4 is 11.1 Å². The van der Waals surface area contributed by atoms with Gasteiger partial charge >= 0.3 is 0 Å². The Morgan fingerprint density at radius 1 is 1.40 bits per heavy atom. The van der Waals surface area contributed by atoms with Gasteiger partial charge in [0, 0.05) is 9.26 Å². The maximum atomic E-state index is 12.0. The molecule has 0 bridgehead atoms. The molecular formula is C12H13IN4OS2. The Morgan fingerprint density at radius 2 is 2.05 bits per heavy atom. The monoisotopic (exact) mass is 420 g/mol. The van der Waals surface area contributed by atoms with E-state index in [1.54, 1.807) is 0 Å². The van der Waals surface area contributed by atoms with Gasteiger partial charge in [-0.15, -0.1) is 10.2 Å². The van der Waals surface area contributed by atoms with Crippen molar-refractivity contribution in [1.29, 1.82) is 0 Å². The third kappa shape index (κ3) is 4.06. The Bertz CT molecular complexity index is 621. The first-order valence-electron chi connectivity index (χ1n) is 5.74. The summed E-state index contributed by atoms with van der Waals surface area (Å²) >= 11 is 4.88. The third-order valence-electron chi connectivity index (χ3n) is 2.51. The van der Waals surface area contributed by atoms with Crippen molar-refractivity contribution in [2.75, 3.05) is 16.8 Å². The number of nitrogen functional groups attached to an aromatic ring is 1. The molecule has 1 aromatic carbocycles. The summed E-state index contributed by atoms with van der Waals surface area (Å²) in [5.74, 6) is 0.232. The van der Waals surface area contributed by atoms with Gasteiger partial charge in [0.1, 0.15) is 0 Å². The lowest BCUT2D eigenvalue weighted by Gasteiger charge is -2.11. The standard InChI is InChI=1S/C12H13IN4OS2/c1-6-3-8(13)4-7(2)10(6)15-9(18)5-19-12-17-16-11(14)20-12/h3-4H,5H2,1-2H3,(H2,14,16)(H,15,18). The minimum absolute atomic E-state index is 0.0591. The van der Waals surface area contributed by atoms with Gasteiger partial charge in [0.05, 0.1) is 5.75 Å². The van der Waals surface area contributed by atoms with Crippen LogP contribution in [0.2, 0.25) is 0 Å². The number of halogens is 1. The van der Waals surface area contributed by atoms with E-state index in [-0.39, 0.29) is 5.91 Å². The van der Waals surface area contributed by atoms with Crippen molar-refractivity contribution in [2.24, 2.45) is 0 Å². The van der Waals surface area contributed by atoms with Crippen LogP contribution in [0, 0.1) is 17.4 Å². The molecule has 0 saturated carbocycles. The molecule has 1 amide bonds. The van der Waals surface area contributed by atoms with Crippen LogP contribution in [0.15, 0.2) is 16.5 Å². The summed E-state index contributed by atoms with van der Waals surface area (Å²) in [5, 5.41) is 10.9. The lowest BCUT2D eigenvalue weighted by molar-refractivity contribution is -0.113. The average Bonchev–Trinajstić information content (AvgIpc) is 2.77. The van der Waals surface area contributed by atoms with Gasteiger partial charge in [-0.05, 0) is 59.7 Å². The fraction of sp³-hybridized carbons (Fsp3) is 0.250. The largest absolute Gasteiger partial charge is 0.374 e. The van der Waals surface area contributed by atoms with Crippen LogP contribution in [-0.4, -0.2) is 21.9 Å². The van der Waals surface area contributed by atoms with Crippen LogP contribution in [0.1, 0.15) is 11.1 Å². The van der Waals surface area contributed by atoms with Crippen molar-refractivity contribution in [1.82, 2.24) is 10.2 Å². The Morgan fingerprint density at radius 3 is 2.60 bits per heavy atom. The van der Waals surface area contributed by atoms with Crippen LogP contribution in [0.3, 0.4) is 0 Å². The Kier molecular flexibility index (Phi) is 5.22. The number of aryl methyl sites for hydroxylation is 2. The highest BCUT2D eigenvalue weighted by Gasteiger charge is 2.10. The molecule has 5 nitrogen and oxygen atoms in total. The van der Waals surface area contributed by atoms with Crippen molar-refractivity contribution >= 4 is 62.4 Å². The number of thioether (sulfide) groups is 1. The lowest BCUT2D eigenvalue weighted by atomic mass is 10.1. The Hall–Kier alpha value is -0.870. The predicted octanol–water partition coefficient (Wildman–Crippen LogP) is 3.07. The van der Waals surface area contributed by atoms with E-state index in [1.165, 1.54) is 23.1 Å². The topological polar surface area (TPSA) is 80.9 Å². The van der Waals surface area contributed by atoms with E-state index < -0.39 is 0 Å².